The molecule has 1 nitrogen and oxygen atoms in total. The van der Waals surface area contributed by atoms with Gasteiger partial charge in [0.15, 0.2) is 0 Å². The van der Waals surface area contributed by atoms with Crippen LogP contribution in [0.5, 0.6) is 0 Å². The third-order valence-electron chi connectivity index (χ3n) is 1.88. The Morgan fingerprint density at radius 2 is 2.00 bits per heavy atom. The molecule has 1 radical (unpaired) electrons. The second-order valence-corrected chi connectivity index (χ2v) is 2.90. The van der Waals surface area contributed by atoms with Crippen LogP contribution in [0.15, 0.2) is 0 Å². The van der Waals surface area contributed by atoms with E-state index in [1.54, 1.807) is 0 Å². The van der Waals surface area contributed by atoms with E-state index in [-0.39, 0.29) is 0 Å². The van der Waals surface area contributed by atoms with Crippen LogP contribution in [0.4, 0.5) is 0 Å². The fourth-order valence-corrected chi connectivity index (χ4v) is 1.01. The Morgan fingerprint density at radius 1 is 1.27 bits per heavy atom. The molecule has 0 aliphatic heterocycles. The van der Waals surface area contributed by atoms with Gasteiger partial charge in [0.25, 0.3) is 0 Å². The summed E-state index contributed by atoms with van der Waals surface area (Å²) >= 11 is 0. The molecule has 0 aromatic rings. The molecule has 1 unspecified atom stereocenters. The first-order chi connectivity index (χ1) is 5.35. The molecule has 0 N–H and O–H groups in total. The molecule has 67 valence electrons. The maximum Gasteiger partial charge on any atom is 0.0572 e. The molecule has 1 heteroatoms. The van der Waals surface area contributed by atoms with Crippen molar-refractivity contribution in [3.63, 3.8) is 0 Å². The van der Waals surface area contributed by atoms with Crippen LogP contribution in [0.25, 0.3) is 0 Å². The van der Waals surface area contributed by atoms with Gasteiger partial charge in [-0.2, -0.15) is 0 Å². The molecule has 0 fully saturated rings. The molecule has 0 aromatic carbocycles. The number of ether oxygens (including phenoxy) is 1. The summed E-state index contributed by atoms with van der Waals surface area (Å²) < 4.78 is 5.58. The van der Waals surface area contributed by atoms with Gasteiger partial charge in [0.2, 0.25) is 0 Å². The molecule has 0 rings (SSSR count). The summed E-state index contributed by atoms with van der Waals surface area (Å²) in [6, 6.07) is 0. The number of hydrogen-bond acceptors (Lipinski definition) is 1. The van der Waals surface area contributed by atoms with E-state index in [4.69, 9.17) is 4.74 Å². The Labute approximate surface area is 71.1 Å². The van der Waals surface area contributed by atoms with Gasteiger partial charge in [-0.1, -0.05) is 33.6 Å². The summed E-state index contributed by atoms with van der Waals surface area (Å²) in [5.41, 5.74) is 0. The monoisotopic (exact) mass is 157 g/mol. The first kappa shape index (κ1) is 11.0. The fourth-order valence-electron chi connectivity index (χ4n) is 1.01. The minimum atomic E-state index is 0.395. The Kier molecular flexibility index (Phi) is 8.03. The second-order valence-electron chi connectivity index (χ2n) is 2.90. The molecule has 0 amide bonds. The van der Waals surface area contributed by atoms with E-state index in [1.165, 1.54) is 19.3 Å². The maximum absolute atomic E-state index is 5.58. The first-order valence-electron chi connectivity index (χ1n) is 4.76. The standard InChI is InChI=1S/C10H21O/c1-4-7-8-9-11-10(5-2)6-3/h10H,2,4-9H2,1,3H3. The lowest BCUT2D eigenvalue weighted by molar-refractivity contribution is 0.0499. The van der Waals surface area contributed by atoms with Crippen LogP contribution < -0.4 is 0 Å². The van der Waals surface area contributed by atoms with Crippen LogP contribution >= 0.6 is 0 Å². The topological polar surface area (TPSA) is 9.23 Å². The number of rotatable bonds is 7. The molecule has 0 spiro atoms. The van der Waals surface area contributed by atoms with E-state index >= 15 is 0 Å². The molecule has 0 aromatic heterocycles. The molecular weight excluding hydrogens is 136 g/mol. The predicted octanol–water partition coefficient (Wildman–Crippen LogP) is 3.20. The molecular formula is C10H21O. The summed E-state index contributed by atoms with van der Waals surface area (Å²) in [4.78, 5) is 0. The lowest BCUT2D eigenvalue weighted by Crippen LogP contribution is -2.10. The zero-order valence-electron chi connectivity index (χ0n) is 7.94. The Bertz CT molecular complexity index is 67.3. The van der Waals surface area contributed by atoms with Crippen molar-refractivity contribution in [2.45, 2.75) is 52.1 Å². The van der Waals surface area contributed by atoms with E-state index in [9.17, 15) is 0 Å². The van der Waals surface area contributed by atoms with Crippen LogP contribution in [0, 0.1) is 6.92 Å². The quantitative estimate of drug-likeness (QED) is 0.516. The highest BCUT2D eigenvalue weighted by Crippen LogP contribution is 2.04. The van der Waals surface area contributed by atoms with Gasteiger partial charge in [0, 0.05) is 6.61 Å². The van der Waals surface area contributed by atoms with Crippen molar-refractivity contribution in [2.24, 2.45) is 0 Å². The summed E-state index contributed by atoms with van der Waals surface area (Å²) in [7, 11) is 0. The van der Waals surface area contributed by atoms with Gasteiger partial charge in [0.05, 0.1) is 6.10 Å². The highest BCUT2D eigenvalue weighted by molar-refractivity contribution is 4.56. The average Bonchev–Trinajstić information content (AvgIpc) is 2.05. The van der Waals surface area contributed by atoms with Crippen molar-refractivity contribution in [3.05, 3.63) is 6.92 Å². The molecule has 0 heterocycles. The van der Waals surface area contributed by atoms with E-state index in [1.807, 2.05) is 0 Å². The van der Waals surface area contributed by atoms with Crippen molar-refractivity contribution in [2.75, 3.05) is 6.61 Å². The first-order valence-corrected chi connectivity index (χ1v) is 4.76. The van der Waals surface area contributed by atoms with Crippen molar-refractivity contribution in [1.82, 2.24) is 0 Å². The summed E-state index contributed by atoms with van der Waals surface area (Å²) in [5.74, 6) is 0. The average molecular weight is 157 g/mol. The zero-order chi connectivity index (χ0) is 8.53. The van der Waals surface area contributed by atoms with Crippen molar-refractivity contribution >= 4 is 0 Å². The molecule has 0 saturated heterocycles. The fraction of sp³-hybridized carbons (Fsp3) is 0.900. The van der Waals surface area contributed by atoms with Gasteiger partial charge in [-0.25, -0.2) is 0 Å². The largest absolute Gasteiger partial charge is 0.378 e. The van der Waals surface area contributed by atoms with Gasteiger partial charge in [-0.15, -0.1) is 0 Å². The molecule has 0 aliphatic rings. The third kappa shape index (κ3) is 6.36. The maximum atomic E-state index is 5.58. The normalized spacial score (nSPS) is 10.9. The van der Waals surface area contributed by atoms with Crippen LogP contribution in [0.3, 0.4) is 0 Å². The van der Waals surface area contributed by atoms with E-state index in [0.717, 1.165) is 19.4 Å². The van der Waals surface area contributed by atoms with E-state index in [0.29, 0.717) is 6.10 Å². The van der Waals surface area contributed by atoms with Crippen LogP contribution in [0.2, 0.25) is 0 Å². The Morgan fingerprint density at radius 3 is 2.45 bits per heavy atom. The van der Waals surface area contributed by atoms with Gasteiger partial charge in [-0.3, -0.25) is 0 Å². The predicted molar refractivity (Wildman–Crippen MR) is 49.5 cm³/mol. The minimum Gasteiger partial charge on any atom is -0.378 e. The highest BCUT2D eigenvalue weighted by Gasteiger charge is 2.01. The van der Waals surface area contributed by atoms with Gasteiger partial charge < -0.3 is 4.74 Å². The van der Waals surface area contributed by atoms with Gasteiger partial charge >= 0.3 is 0 Å². The van der Waals surface area contributed by atoms with Crippen molar-refractivity contribution in [3.8, 4) is 0 Å². The molecule has 0 saturated carbocycles. The highest BCUT2D eigenvalue weighted by atomic mass is 16.5. The summed E-state index contributed by atoms with van der Waals surface area (Å²) in [6.45, 7) is 9.10. The third-order valence-corrected chi connectivity index (χ3v) is 1.88. The van der Waals surface area contributed by atoms with Crippen molar-refractivity contribution < 1.29 is 4.74 Å². The Hall–Kier alpha value is -0.0400. The molecule has 1 atom stereocenters. The Balaban J connectivity index is 3.07. The molecule has 0 aliphatic carbocycles. The summed E-state index contributed by atoms with van der Waals surface area (Å²) in [5, 5.41) is 0. The SMILES string of the molecule is [CH2]CC(CC)OCCCCC. The van der Waals surface area contributed by atoms with Crippen LogP contribution in [-0.4, -0.2) is 12.7 Å². The van der Waals surface area contributed by atoms with Gasteiger partial charge in [0.1, 0.15) is 0 Å². The van der Waals surface area contributed by atoms with E-state index in [2.05, 4.69) is 20.8 Å². The minimum absolute atomic E-state index is 0.395. The van der Waals surface area contributed by atoms with Crippen molar-refractivity contribution in [1.29, 1.82) is 0 Å². The smallest absolute Gasteiger partial charge is 0.0572 e. The number of hydrogen-bond donors (Lipinski definition) is 0. The van der Waals surface area contributed by atoms with E-state index < -0.39 is 0 Å². The summed E-state index contributed by atoms with van der Waals surface area (Å²) in [6.07, 6.45) is 6.15. The lowest BCUT2D eigenvalue weighted by atomic mass is 10.2. The number of unbranched alkanes of at least 4 members (excludes halogenated alkanes) is 2. The van der Waals surface area contributed by atoms with Crippen LogP contribution in [-0.2, 0) is 4.74 Å². The zero-order valence-corrected chi connectivity index (χ0v) is 7.94. The lowest BCUT2D eigenvalue weighted by Gasteiger charge is -2.12. The molecule has 0 bridgehead atoms. The molecule has 11 heavy (non-hydrogen) atoms. The van der Waals surface area contributed by atoms with Gasteiger partial charge in [-0.05, 0) is 19.3 Å². The second kappa shape index (κ2) is 8.06. The van der Waals surface area contributed by atoms with Crippen LogP contribution in [0.1, 0.15) is 46.0 Å².